The monoisotopic (exact) mass is 486 g/mol. The lowest BCUT2D eigenvalue weighted by molar-refractivity contribution is -0.113. The average Bonchev–Trinajstić information content (AvgIpc) is 3.29. The molecule has 2 aromatic heterocycles. The number of carboxylic acid groups (broad SMARTS) is 1. The number of carbonyl (C=O) groups is 2. The Hall–Kier alpha value is -3.11. The van der Waals surface area contributed by atoms with Gasteiger partial charge in [-0.3, -0.25) is 4.79 Å². The molecule has 2 heterocycles. The van der Waals surface area contributed by atoms with Gasteiger partial charge in [0.1, 0.15) is 5.58 Å². The van der Waals surface area contributed by atoms with Crippen molar-refractivity contribution in [1.29, 1.82) is 0 Å². The van der Waals surface area contributed by atoms with Gasteiger partial charge in [-0.05, 0) is 48.5 Å². The summed E-state index contributed by atoms with van der Waals surface area (Å²) in [6, 6.07) is 13.6. The van der Waals surface area contributed by atoms with Crippen molar-refractivity contribution in [2.24, 2.45) is 7.05 Å². The van der Waals surface area contributed by atoms with E-state index < -0.39 is 5.97 Å². The molecule has 0 saturated heterocycles. The highest BCUT2D eigenvalue weighted by molar-refractivity contribution is 9.10. The maximum atomic E-state index is 12.2. The molecule has 0 bridgehead atoms. The number of rotatable bonds is 6. The first-order valence-corrected chi connectivity index (χ1v) is 10.5. The van der Waals surface area contributed by atoms with Crippen LogP contribution in [0.5, 0.6) is 0 Å². The van der Waals surface area contributed by atoms with Crippen molar-refractivity contribution in [3.63, 3.8) is 0 Å². The summed E-state index contributed by atoms with van der Waals surface area (Å²) in [4.78, 5) is 23.1. The maximum Gasteiger partial charge on any atom is 0.335 e. The van der Waals surface area contributed by atoms with Gasteiger partial charge < -0.3 is 19.4 Å². The van der Waals surface area contributed by atoms with Crippen LogP contribution in [0.3, 0.4) is 0 Å². The molecule has 2 N–H and O–H groups in total. The fraction of sp³-hybridized carbons (Fsp3) is 0.100. The third-order valence-electron chi connectivity index (χ3n) is 4.28. The van der Waals surface area contributed by atoms with Crippen molar-refractivity contribution in [3.05, 3.63) is 58.6 Å². The molecule has 0 atom stereocenters. The van der Waals surface area contributed by atoms with E-state index >= 15 is 0 Å². The number of benzene rings is 2. The van der Waals surface area contributed by atoms with E-state index in [1.165, 1.54) is 23.9 Å². The largest absolute Gasteiger partial charge is 0.478 e. The molecule has 0 aliphatic rings. The summed E-state index contributed by atoms with van der Waals surface area (Å²) in [5.74, 6) is 0.0296. The molecule has 8 nitrogen and oxygen atoms in total. The molecule has 0 unspecified atom stereocenters. The van der Waals surface area contributed by atoms with Gasteiger partial charge in [0.2, 0.25) is 5.91 Å². The Balaban J connectivity index is 1.42. The molecule has 0 saturated carbocycles. The highest BCUT2D eigenvalue weighted by atomic mass is 79.9. The molecule has 10 heteroatoms. The minimum Gasteiger partial charge on any atom is -0.478 e. The van der Waals surface area contributed by atoms with Gasteiger partial charge in [-0.1, -0.05) is 27.7 Å². The molecule has 152 valence electrons. The van der Waals surface area contributed by atoms with Crippen LogP contribution in [0.1, 0.15) is 10.4 Å². The fourth-order valence-corrected chi connectivity index (χ4v) is 3.89. The van der Waals surface area contributed by atoms with Crippen molar-refractivity contribution in [2.45, 2.75) is 5.16 Å². The summed E-state index contributed by atoms with van der Waals surface area (Å²) in [5, 5.41) is 21.5. The zero-order chi connectivity index (χ0) is 21.3. The third kappa shape index (κ3) is 4.24. The Kier molecular flexibility index (Phi) is 5.60. The second-order valence-corrected chi connectivity index (χ2v) is 8.24. The Labute approximate surface area is 183 Å². The molecule has 0 aliphatic carbocycles. The van der Waals surface area contributed by atoms with Gasteiger partial charge in [0.15, 0.2) is 16.7 Å². The van der Waals surface area contributed by atoms with E-state index in [1.807, 2.05) is 31.3 Å². The first-order chi connectivity index (χ1) is 14.4. The van der Waals surface area contributed by atoms with Crippen LogP contribution in [0.25, 0.3) is 22.6 Å². The molecule has 4 aromatic rings. The van der Waals surface area contributed by atoms with E-state index in [0.717, 1.165) is 15.4 Å². The zero-order valence-electron chi connectivity index (χ0n) is 15.6. The molecular formula is C20H15BrN4O4S. The number of carbonyl (C=O) groups excluding carboxylic acids is 1. The number of aromatic nitrogens is 3. The van der Waals surface area contributed by atoms with Crippen LogP contribution in [-0.2, 0) is 11.8 Å². The normalized spacial score (nSPS) is 11.0. The molecular weight excluding hydrogens is 472 g/mol. The second-order valence-electron chi connectivity index (χ2n) is 6.38. The van der Waals surface area contributed by atoms with Crippen LogP contribution >= 0.6 is 27.7 Å². The number of aromatic carboxylic acids is 1. The first-order valence-electron chi connectivity index (χ1n) is 8.75. The summed E-state index contributed by atoms with van der Waals surface area (Å²) in [6.45, 7) is 0. The van der Waals surface area contributed by atoms with Crippen molar-refractivity contribution >= 4 is 56.2 Å². The lowest BCUT2D eigenvalue weighted by Gasteiger charge is -2.05. The number of fused-ring (bicyclic) bond motifs is 1. The van der Waals surface area contributed by atoms with Gasteiger partial charge in [0.25, 0.3) is 0 Å². The summed E-state index contributed by atoms with van der Waals surface area (Å²) in [6.07, 6.45) is 0. The predicted molar refractivity (Wildman–Crippen MR) is 117 cm³/mol. The van der Waals surface area contributed by atoms with E-state index in [1.54, 1.807) is 16.7 Å². The Morgan fingerprint density at radius 1 is 1.17 bits per heavy atom. The van der Waals surface area contributed by atoms with Gasteiger partial charge in [-0.2, -0.15) is 0 Å². The predicted octanol–water partition coefficient (Wildman–Crippen LogP) is 4.42. The minimum absolute atomic E-state index is 0.125. The number of amides is 1. The highest BCUT2D eigenvalue weighted by Crippen LogP contribution is 2.30. The number of nitrogens with one attached hydrogen (secondary N) is 1. The third-order valence-corrected chi connectivity index (χ3v) is 5.80. The van der Waals surface area contributed by atoms with Gasteiger partial charge in [0, 0.05) is 22.6 Å². The molecule has 0 spiro atoms. The highest BCUT2D eigenvalue weighted by Gasteiger charge is 2.16. The SMILES string of the molecule is Cn1c(SCC(=O)Nc2ccc(C(=O)O)cc2)nnc1-c1cc2cc(Br)ccc2o1. The topological polar surface area (TPSA) is 110 Å². The standard InChI is InChI=1S/C20H15BrN4O4S/c1-25-18(16-9-12-8-13(21)4-7-15(12)29-16)23-24-20(25)30-10-17(26)22-14-5-2-11(3-6-14)19(27)28/h2-9H,10H2,1H3,(H,22,26)(H,27,28). The maximum absolute atomic E-state index is 12.2. The smallest absolute Gasteiger partial charge is 0.335 e. The number of furan rings is 1. The number of hydrogen-bond donors (Lipinski definition) is 2. The molecule has 1 amide bonds. The molecule has 0 radical (unpaired) electrons. The molecule has 30 heavy (non-hydrogen) atoms. The van der Waals surface area contributed by atoms with Crippen LogP contribution in [0.15, 0.2) is 62.6 Å². The molecule has 2 aromatic carbocycles. The number of carboxylic acids is 1. The van der Waals surface area contributed by atoms with Gasteiger partial charge in [0.05, 0.1) is 11.3 Å². The minimum atomic E-state index is -1.02. The lowest BCUT2D eigenvalue weighted by Crippen LogP contribution is -2.14. The quantitative estimate of drug-likeness (QED) is 0.388. The van der Waals surface area contributed by atoms with E-state index in [0.29, 0.717) is 22.4 Å². The van der Waals surface area contributed by atoms with Gasteiger partial charge in [-0.15, -0.1) is 10.2 Å². The molecule has 0 aliphatic heterocycles. The molecule has 4 rings (SSSR count). The lowest BCUT2D eigenvalue weighted by atomic mass is 10.2. The average molecular weight is 487 g/mol. The van der Waals surface area contributed by atoms with Crippen LogP contribution in [0.4, 0.5) is 5.69 Å². The Bertz CT molecular complexity index is 1250. The van der Waals surface area contributed by atoms with Crippen molar-refractivity contribution < 1.29 is 19.1 Å². The van der Waals surface area contributed by atoms with Crippen molar-refractivity contribution in [1.82, 2.24) is 14.8 Å². The summed E-state index contributed by atoms with van der Waals surface area (Å²) < 4.78 is 8.59. The van der Waals surface area contributed by atoms with Crippen LogP contribution in [-0.4, -0.2) is 37.5 Å². The summed E-state index contributed by atoms with van der Waals surface area (Å²) in [7, 11) is 1.81. The van der Waals surface area contributed by atoms with Crippen molar-refractivity contribution in [2.75, 3.05) is 11.1 Å². The van der Waals surface area contributed by atoms with E-state index in [9.17, 15) is 9.59 Å². The van der Waals surface area contributed by atoms with Crippen LogP contribution in [0.2, 0.25) is 0 Å². The molecule has 0 fully saturated rings. The number of halogens is 1. The number of nitrogens with zero attached hydrogens (tertiary/aromatic N) is 3. The van der Waals surface area contributed by atoms with E-state index in [2.05, 4.69) is 31.4 Å². The number of thioether (sulfide) groups is 1. The summed E-state index contributed by atoms with van der Waals surface area (Å²) >= 11 is 4.68. The first kappa shape index (κ1) is 20.2. The summed E-state index contributed by atoms with van der Waals surface area (Å²) in [5.41, 5.74) is 1.43. The number of anilines is 1. The van der Waals surface area contributed by atoms with E-state index in [-0.39, 0.29) is 17.2 Å². The van der Waals surface area contributed by atoms with Crippen LogP contribution < -0.4 is 5.32 Å². The Morgan fingerprint density at radius 3 is 2.67 bits per heavy atom. The fourth-order valence-electron chi connectivity index (χ4n) is 2.80. The van der Waals surface area contributed by atoms with Crippen molar-refractivity contribution in [3.8, 4) is 11.6 Å². The number of hydrogen-bond acceptors (Lipinski definition) is 6. The Morgan fingerprint density at radius 2 is 1.93 bits per heavy atom. The van der Waals surface area contributed by atoms with Crippen LogP contribution in [0, 0.1) is 0 Å². The van der Waals surface area contributed by atoms with Gasteiger partial charge in [-0.25, -0.2) is 4.79 Å². The second kappa shape index (κ2) is 8.33. The van der Waals surface area contributed by atoms with E-state index in [4.69, 9.17) is 9.52 Å². The van der Waals surface area contributed by atoms with Gasteiger partial charge >= 0.3 is 5.97 Å². The zero-order valence-corrected chi connectivity index (χ0v) is 18.0.